The summed E-state index contributed by atoms with van der Waals surface area (Å²) in [6, 6.07) is 13.3. The molecular weight excluding hydrogens is 376 g/mol. The van der Waals surface area contributed by atoms with Gasteiger partial charge < -0.3 is 9.64 Å². The molecule has 142 valence electrons. The van der Waals surface area contributed by atoms with Gasteiger partial charge in [-0.1, -0.05) is 23.7 Å². The number of hydrogen-bond donors (Lipinski definition) is 0. The zero-order valence-electron chi connectivity index (χ0n) is 15.6. The summed E-state index contributed by atoms with van der Waals surface area (Å²) in [6.07, 6.45) is 2.98. The lowest BCUT2D eigenvalue weighted by Crippen LogP contribution is -2.33. The van der Waals surface area contributed by atoms with Gasteiger partial charge in [-0.2, -0.15) is 0 Å². The van der Waals surface area contributed by atoms with Crippen LogP contribution >= 0.6 is 11.6 Å². The molecule has 4 aromatic rings. The number of pyridine rings is 1. The van der Waals surface area contributed by atoms with Crippen LogP contribution in [-0.2, 0) is 0 Å². The third-order valence-corrected chi connectivity index (χ3v) is 4.94. The Morgan fingerprint density at radius 3 is 2.57 bits per heavy atom. The number of halogens is 1. The van der Waals surface area contributed by atoms with Crippen molar-refractivity contribution >= 4 is 39.4 Å². The van der Waals surface area contributed by atoms with E-state index in [9.17, 15) is 4.79 Å². The highest BCUT2D eigenvalue weighted by Crippen LogP contribution is 2.35. The number of nitrogens with zero attached hydrogens (tertiary/aromatic N) is 4. The van der Waals surface area contributed by atoms with Gasteiger partial charge in [0.1, 0.15) is 0 Å². The minimum Gasteiger partial charge on any atom is -0.389 e. The van der Waals surface area contributed by atoms with Crippen LogP contribution in [0.2, 0.25) is 5.02 Å². The molecule has 0 aliphatic heterocycles. The van der Waals surface area contributed by atoms with Crippen LogP contribution in [0, 0.1) is 0 Å². The second-order valence-electron chi connectivity index (χ2n) is 6.29. The normalized spacial score (nSPS) is 11.1. The van der Waals surface area contributed by atoms with Gasteiger partial charge in [-0.05, 0) is 55.0 Å². The standard InChI is InChI=1S/C21H19ClN4O2/c1-3-25(4-2)21(27)28-20-19-17-7-6-15(22)13-14(17)5-8-18(19)26(24-20)16-9-11-23-12-10-16/h5-13H,3-4H2,1-2H3. The zero-order chi connectivity index (χ0) is 19.7. The highest BCUT2D eigenvalue weighted by Gasteiger charge is 2.21. The lowest BCUT2D eigenvalue weighted by molar-refractivity contribution is 0.156. The van der Waals surface area contributed by atoms with Crippen molar-refractivity contribution in [3.05, 3.63) is 59.9 Å². The Bertz CT molecular complexity index is 1150. The highest BCUT2D eigenvalue weighted by atomic mass is 35.5. The molecule has 28 heavy (non-hydrogen) atoms. The van der Waals surface area contributed by atoms with Crippen molar-refractivity contribution in [3.8, 4) is 11.6 Å². The Balaban J connectivity index is 1.95. The fourth-order valence-electron chi connectivity index (χ4n) is 3.27. The summed E-state index contributed by atoms with van der Waals surface area (Å²) in [7, 11) is 0. The summed E-state index contributed by atoms with van der Waals surface area (Å²) in [5.74, 6) is 0.275. The third kappa shape index (κ3) is 3.16. The summed E-state index contributed by atoms with van der Waals surface area (Å²) in [5.41, 5.74) is 1.67. The lowest BCUT2D eigenvalue weighted by Gasteiger charge is -2.17. The van der Waals surface area contributed by atoms with Crippen LogP contribution in [0.5, 0.6) is 5.88 Å². The number of hydrogen-bond acceptors (Lipinski definition) is 4. The maximum atomic E-state index is 12.6. The molecule has 1 amide bonds. The van der Waals surface area contributed by atoms with E-state index in [4.69, 9.17) is 16.3 Å². The molecule has 7 heteroatoms. The summed E-state index contributed by atoms with van der Waals surface area (Å²) in [4.78, 5) is 18.3. The topological polar surface area (TPSA) is 60.3 Å². The molecular formula is C21H19ClN4O2. The van der Waals surface area contributed by atoms with Crippen LogP contribution in [0.25, 0.3) is 27.4 Å². The van der Waals surface area contributed by atoms with E-state index >= 15 is 0 Å². The van der Waals surface area contributed by atoms with Crippen molar-refractivity contribution in [3.63, 3.8) is 0 Å². The smallest absolute Gasteiger partial charge is 0.389 e. The second-order valence-corrected chi connectivity index (χ2v) is 6.72. The van der Waals surface area contributed by atoms with Crippen LogP contribution in [0.4, 0.5) is 4.79 Å². The molecule has 4 rings (SSSR count). The van der Waals surface area contributed by atoms with Gasteiger partial charge in [0, 0.05) is 30.5 Å². The van der Waals surface area contributed by atoms with Gasteiger partial charge in [0.25, 0.3) is 5.88 Å². The van der Waals surface area contributed by atoms with Crippen LogP contribution < -0.4 is 4.74 Å². The quantitative estimate of drug-likeness (QED) is 0.485. The van der Waals surface area contributed by atoms with E-state index in [0.717, 1.165) is 27.4 Å². The van der Waals surface area contributed by atoms with Gasteiger partial charge in [0.2, 0.25) is 0 Å². The third-order valence-electron chi connectivity index (χ3n) is 4.71. The van der Waals surface area contributed by atoms with E-state index in [-0.39, 0.29) is 5.88 Å². The first-order valence-corrected chi connectivity index (χ1v) is 9.48. The molecule has 0 saturated heterocycles. The molecule has 0 saturated carbocycles. The van der Waals surface area contributed by atoms with E-state index in [1.165, 1.54) is 0 Å². The summed E-state index contributed by atoms with van der Waals surface area (Å²) < 4.78 is 7.48. The predicted molar refractivity (Wildman–Crippen MR) is 110 cm³/mol. The molecule has 2 heterocycles. The molecule has 0 spiro atoms. The molecule has 0 unspecified atom stereocenters. The monoisotopic (exact) mass is 394 g/mol. The Labute approximate surface area is 167 Å². The SMILES string of the molecule is CCN(CC)C(=O)Oc1nn(-c2ccncc2)c2ccc3cc(Cl)ccc3c12. The fraction of sp³-hybridized carbons (Fsp3) is 0.190. The summed E-state index contributed by atoms with van der Waals surface area (Å²) in [5, 5.41) is 7.90. The first-order chi connectivity index (χ1) is 13.6. The van der Waals surface area contributed by atoms with Crippen molar-refractivity contribution in [2.24, 2.45) is 0 Å². The van der Waals surface area contributed by atoms with Gasteiger partial charge in [-0.15, -0.1) is 5.10 Å². The molecule has 0 radical (unpaired) electrons. The van der Waals surface area contributed by atoms with Gasteiger partial charge in [-0.3, -0.25) is 4.98 Å². The lowest BCUT2D eigenvalue weighted by atomic mass is 10.1. The number of aromatic nitrogens is 3. The summed E-state index contributed by atoms with van der Waals surface area (Å²) in [6.45, 7) is 4.95. The Hall–Kier alpha value is -3.12. The minimum atomic E-state index is -0.419. The highest BCUT2D eigenvalue weighted by molar-refractivity contribution is 6.31. The van der Waals surface area contributed by atoms with E-state index < -0.39 is 6.09 Å². The van der Waals surface area contributed by atoms with Gasteiger partial charge in [-0.25, -0.2) is 9.48 Å². The molecule has 0 aliphatic carbocycles. The molecule has 0 atom stereocenters. The average molecular weight is 395 g/mol. The maximum Gasteiger partial charge on any atom is 0.416 e. The molecule has 0 bridgehead atoms. The predicted octanol–water partition coefficient (Wildman–Crippen LogP) is 5.07. The number of fused-ring (bicyclic) bond motifs is 3. The molecule has 2 aromatic heterocycles. The number of carbonyl (C=O) groups excluding carboxylic acids is 1. The molecule has 6 nitrogen and oxygen atoms in total. The molecule has 0 aliphatic rings. The van der Waals surface area contributed by atoms with Crippen molar-refractivity contribution in [1.29, 1.82) is 0 Å². The zero-order valence-corrected chi connectivity index (χ0v) is 16.3. The van der Waals surface area contributed by atoms with E-state index in [2.05, 4.69) is 10.1 Å². The number of rotatable bonds is 4. The molecule has 0 fully saturated rings. The molecule has 0 N–H and O–H groups in total. The number of benzene rings is 2. The minimum absolute atomic E-state index is 0.275. The number of carbonyl (C=O) groups is 1. The van der Waals surface area contributed by atoms with Crippen molar-refractivity contribution in [2.45, 2.75) is 13.8 Å². The first-order valence-electron chi connectivity index (χ1n) is 9.10. The van der Waals surface area contributed by atoms with E-state index in [1.54, 1.807) is 22.0 Å². The first kappa shape index (κ1) is 18.3. The van der Waals surface area contributed by atoms with Crippen LogP contribution in [0.1, 0.15) is 13.8 Å². The van der Waals surface area contributed by atoms with Gasteiger partial charge >= 0.3 is 6.09 Å². The number of amides is 1. The largest absolute Gasteiger partial charge is 0.416 e. The van der Waals surface area contributed by atoms with Crippen molar-refractivity contribution in [1.82, 2.24) is 19.7 Å². The van der Waals surface area contributed by atoms with Crippen molar-refractivity contribution in [2.75, 3.05) is 13.1 Å². The van der Waals surface area contributed by atoms with Gasteiger partial charge in [0.15, 0.2) is 0 Å². The summed E-state index contributed by atoms with van der Waals surface area (Å²) >= 11 is 6.15. The Morgan fingerprint density at radius 2 is 1.86 bits per heavy atom. The van der Waals surface area contributed by atoms with Crippen LogP contribution in [0.15, 0.2) is 54.9 Å². The van der Waals surface area contributed by atoms with E-state index in [1.807, 2.05) is 56.3 Å². The second kappa shape index (κ2) is 7.48. The van der Waals surface area contributed by atoms with E-state index in [0.29, 0.717) is 18.1 Å². The molecule has 2 aromatic carbocycles. The van der Waals surface area contributed by atoms with Crippen LogP contribution in [0.3, 0.4) is 0 Å². The van der Waals surface area contributed by atoms with Crippen LogP contribution in [-0.4, -0.2) is 38.8 Å². The maximum absolute atomic E-state index is 12.6. The number of ether oxygens (including phenoxy) is 1. The Kier molecular flexibility index (Phi) is 4.88. The average Bonchev–Trinajstić information content (AvgIpc) is 3.08. The van der Waals surface area contributed by atoms with Crippen molar-refractivity contribution < 1.29 is 9.53 Å². The fourth-order valence-corrected chi connectivity index (χ4v) is 3.45. The Morgan fingerprint density at radius 1 is 1.11 bits per heavy atom. The van der Waals surface area contributed by atoms with Gasteiger partial charge in [0.05, 0.1) is 16.6 Å².